The molecule has 1 aromatic carbocycles. The van der Waals surface area contributed by atoms with Gasteiger partial charge in [0.15, 0.2) is 6.61 Å². The van der Waals surface area contributed by atoms with E-state index in [2.05, 4.69) is 21.2 Å². The number of rotatable bonds is 8. The summed E-state index contributed by atoms with van der Waals surface area (Å²) in [5, 5.41) is 3.44. The van der Waals surface area contributed by atoms with E-state index in [0.717, 1.165) is 29.0 Å². The molecular formula is C16H20BrNO3S2. The minimum absolute atomic E-state index is 0.241. The number of amides is 1. The first-order chi connectivity index (χ1) is 11.1. The van der Waals surface area contributed by atoms with Crippen LogP contribution >= 0.6 is 37.5 Å². The summed E-state index contributed by atoms with van der Waals surface area (Å²) < 4.78 is 5.81. The second kappa shape index (κ2) is 10.3. The zero-order chi connectivity index (χ0) is 16.5. The molecule has 1 aliphatic heterocycles. The lowest BCUT2D eigenvalue weighted by molar-refractivity contribution is -0.147. The quantitative estimate of drug-likeness (QED) is 0.379. The molecule has 1 saturated heterocycles. The molecular weight excluding hydrogens is 398 g/mol. The van der Waals surface area contributed by atoms with E-state index in [4.69, 9.17) is 4.74 Å². The lowest BCUT2D eigenvalue weighted by Gasteiger charge is -2.08. The molecule has 0 radical (unpaired) electrons. The fourth-order valence-electron chi connectivity index (χ4n) is 2.17. The van der Waals surface area contributed by atoms with Crippen LogP contribution in [-0.2, 0) is 14.3 Å². The summed E-state index contributed by atoms with van der Waals surface area (Å²) in [5.74, 6) is 0.606. The molecule has 0 saturated carbocycles. The number of benzene rings is 1. The van der Waals surface area contributed by atoms with Crippen LogP contribution in [0.25, 0.3) is 0 Å². The third-order valence-electron chi connectivity index (χ3n) is 3.40. The first-order valence-corrected chi connectivity index (χ1v) is 10.8. The van der Waals surface area contributed by atoms with Crippen molar-refractivity contribution < 1.29 is 14.3 Å². The van der Waals surface area contributed by atoms with Gasteiger partial charge in [-0.1, -0.05) is 40.1 Å². The Morgan fingerprint density at radius 3 is 2.87 bits per heavy atom. The van der Waals surface area contributed by atoms with Gasteiger partial charge >= 0.3 is 5.97 Å². The number of esters is 1. The average Bonchev–Trinajstić information content (AvgIpc) is 3.05. The van der Waals surface area contributed by atoms with Crippen LogP contribution in [0.5, 0.6) is 0 Å². The van der Waals surface area contributed by atoms with Crippen molar-refractivity contribution in [1.29, 1.82) is 0 Å². The topological polar surface area (TPSA) is 55.4 Å². The van der Waals surface area contributed by atoms with Gasteiger partial charge in [-0.05, 0) is 47.3 Å². The Bertz CT molecular complexity index is 536. The van der Waals surface area contributed by atoms with Crippen molar-refractivity contribution in [2.45, 2.75) is 37.4 Å². The van der Waals surface area contributed by atoms with E-state index >= 15 is 0 Å². The summed E-state index contributed by atoms with van der Waals surface area (Å²) >= 11 is 3.35. The molecule has 1 N–H and O–H groups in total. The molecule has 0 aromatic heterocycles. The van der Waals surface area contributed by atoms with Crippen molar-refractivity contribution in [1.82, 2.24) is 0 Å². The molecule has 4 nitrogen and oxygen atoms in total. The number of carbonyl (C=O) groups excluding carboxylic acids is 2. The SMILES string of the molecule is O=C(COC(=O)CCCC[C@@H]1CCSS1)Nc1ccccc1Br. The summed E-state index contributed by atoms with van der Waals surface area (Å²) in [4.78, 5) is 23.4. The number of carbonyl (C=O) groups is 2. The first-order valence-electron chi connectivity index (χ1n) is 7.63. The van der Waals surface area contributed by atoms with E-state index in [0.29, 0.717) is 12.1 Å². The molecule has 1 aliphatic rings. The average molecular weight is 418 g/mol. The van der Waals surface area contributed by atoms with Crippen LogP contribution in [0, 0.1) is 0 Å². The number of halogens is 1. The van der Waals surface area contributed by atoms with Gasteiger partial charge in [-0.2, -0.15) is 0 Å². The molecule has 0 unspecified atom stereocenters. The van der Waals surface area contributed by atoms with Crippen LogP contribution in [0.4, 0.5) is 5.69 Å². The van der Waals surface area contributed by atoms with Crippen LogP contribution in [0.15, 0.2) is 28.7 Å². The van der Waals surface area contributed by atoms with Crippen molar-refractivity contribution in [3.05, 3.63) is 28.7 Å². The maximum atomic E-state index is 11.8. The highest BCUT2D eigenvalue weighted by atomic mass is 79.9. The highest BCUT2D eigenvalue weighted by molar-refractivity contribution is 9.10. The van der Waals surface area contributed by atoms with E-state index < -0.39 is 0 Å². The van der Waals surface area contributed by atoms with Gasteiger partial charge in [-0.15, -0.1) is 0 Å². The Morgan fingerprint density at radius 1 is 1.30 bits per heavy atom. The smallest absolute Gasteiger partial charge is 0.306 e. The second-order valence-electron chi connectivity index (χ2n) is 5.26. The highest BCUT2D eigenvalue weighted by Crippen LogP contribution is 2.39. The van der Waals surface area contributed by atoms with Gasteiger partial charge in [0.2, 0.25) is 0 Å². The van der Waals surface area contributed by atoms with Gasteiger partial charge < -0.3 is 10.1 Å². The van der Waals surface area contributed by atoms with Gasteiger partial charge in [0.05, 0.1) is 5.69 Å². The molecule has 7 heteroatoms. The lowest BCUT2D eigenvalue weighted by Crippen LogP contribution is -2.21. The normalized spacial score (nSPS) is 17.0. The molecule has 0 aliphatic carbocycles. The second-order valence-corrected chi connectivity index (χ2v) is 8.91. The number of hydrogen-bond acceptors (Lipinski definition) is 5. The van der Waals surface area contributed by atoms with Crippen molar-refractivity contribution in [3.8, 4) is 0 Å². The van der Waals surface area contributed by atoms with Gasteiger partial charge in [0.25, 0.3) is 5.91 Å². The number of nitrogens with one attached hydrogen (secondary N) is 1. The predicted octanol–water partition coefficient (Wildman–Crippen LogP) is 4.64. The Labute approximate surface area is 153 Å². The van der Waals surface area contributed by atoms with Crippen molar-refractivity contribution in [3.63, 3.8) is 0 Å². The molecule has 1 fully saturated rings. The molecule has 126 valence electrons. The van der Waals surface area contributed by atoms with Gasteiger partial charge in [-0.3, -0.25) is 9.59 Å². The minimum atomic E-state index is -0.329. The fourth-order valence-corrected chi connectivity index (χ4v) is 5.58. The molecule has 1 atom stereocenters. The zero-order valence-electron chi connectivity index (χ0n) is 12.8. The van der Waals surface area contributed by atoms with Crippen molar-refractivity contribution >= 4 is 55.1 Å². The summed E-state index contributed by atoms with van der Waals surface area (Å²) in [6, 6.07) is 7.31. The number of anilines is 1. The number of ether oxygens (including phenoxy) is 1. The predicted molar refractivity (Wildman–Crippen MR) is 101 cm³/mol. The molecule has 1 aromatic rings. The Hall–Kier alpha value is -0.660. The van der Waals surface area contributed by atoms with E-state index in [1.54, 1.807) is 6.07 Å². The van der Waals surface area contributed by atoms with Gasteiger partial charge in [0, 0.05) is 21.9 Å². The van der Waals surface area contributed by atoms with Crippen LogP contribution in [-0.4, -0.2) is 29.5 Å². The Kier molecular flexibility index (Phi) is 8.33. The third kappa shape index (κ3) is 7.18. The van der Waals surface area contributed by atoms with Gasteiger partial charge in [0.1, 0.15) is 0 Å². The molecule has 23 heavy (non-hydrogen) atoms. The molecule has 1 heterocycles. The van der Waals surface area contributed by atoms with Crippen LogP contribution in [0.3, 0.4) is 0 Å². The van der Waals surface area contributed by atoms with Crippen molar-refractivity contribution in [2.75, 3.05) is 17.7 Å². The standard InChI is InChI=1S/C16H20BrNO3S2/c17-13-6-2-3-7-14(13)18-15(19)11-21-16(20)8-4-1-5-12-9-10-22-23-12/h2-3,6-7,12H,1,4-5,8-11H2,(H,18,19)/t12-/m1/s1. The molecule has 0 bridgehead atoms. The van der Waals surface area contributed by atoms with Crippen LogP contribution in [0.1, 0.15) is 32.1 Å². The number of para-hydroxylation sites is 1. The summed E-state index contributed by atoms with van der Waals surface area (Å²) in [6.07, 6.45) is 4.68. The minimum Gasteiger partial charge on any atom is -0.456 e. The number of unbranched alkanes of at least 4 members (excludes halogenated alkanes) is 1. The summed E-state index contributed by atoms with van der Waals surface area (Å²) in [6.45, 7) is -0.241. The summed E-state index contributed by atoms with van der Waals surface area (Å²) in [7, 11) is 3.90. The van der Waals surface area contributed by atoms with Crippen molar-refractivity contribution in [2.24, 2.45) is 0 Å². The fraction of sp³-hybridized carbons (Fsp3) is 0.500. The lowest BCUT2D eigenvalue weighted by atomic mass is 10.1. The molecule has 0 spiro atoms. The van der Waals surface area contributed by atoms with Crippen LogP contribution < -0.4 is 5.32 Å². The maximum Gasteiger partial charge on any atom is 0.306 e. The molecule has 1 amide bonds. The largest absolute Gasteiger partial charge is 0.456 e. The van der Waals surface area contributed by atoms with E-state index in [1.165, 1.54) is 12.2 Å². The van der Waals surface area contributed by atoms with Crippen LogP contribution in [0.2, 0.25) is 0 Å². The molecule has 2 rings (SSSR count). The first kappa shape index (κ1) is 18.7. The van der Waals surface area contributed by atoms with Gasteiger partial charge in [-0.25, -0.2) is 0 Å². The van der Waals surface area contributed by atoms with E-state index in [1.807, 2.05) is 39.8 Å². The highest BCUT2D eigenvalue weighted by Gasteiger charge is 2.16. The van der Waals surface area contributed by atoms with E-state index in [-0.39, 0.29) is 18.5 Å². The zero-order valence-corrected chi connectivity index (χ0v) is 16.0. The van der Waals surface area contributed by atoms with E-state index in [9.17, 15) is 9.59 Å². The Balaban J connectivity index is 1.56. The third-order valence-corrected chi connectivity index (χ3v) is 7.09. The number of hydrogen-bond donors (Lipinski definition) is 1. The maximum absolute atomic E-state index is 11.8. The summed E-state index contributed by atoms with van der Waals surface area (Å²) in [5.41, 5.74) is 0.667. The monoisotopic (exact) mass is 417 g/mol. The Morgan fingerprint density at radius 2 is 2.13 bits per heavy atom.